The molecule has 1 unspecified atom stereocenters. The molecule has 0 bridgehead atoms. The van der Waals surface area contributed by atoms with Crippen molar-refractivity contribution in [2.45, 2.75) is 39.5 Å². The summed E-state index contributed by atoms with van der Waals surface area (Å²) in [5.41, 5.74) is 2.60. The average molecular weight is 651 g/mol. The summed E-state index contributed by atoms with van der Waals surface area (Å²) in [6.45, 7) is 16.7. The van der Waals surface area contributed by atoms with Crippen molar-refractivity contribution in [2.75, 3.05) is 13.2 Å². The number of carbonyl (C=O) groups excluding carboxylic acids is 3. The summed E-state index contributed by atoms with van der Waals surface area (Å²) in [5, 5.41) is 19.2. The van der Waals surface area contributed by atoms with Crippen LogP contribution >= 0.6 is 0 Å². The van der Waals surface area contributed by atoms with Gasteiger partial charge in [-0.1, -0.05) is 51.8 Å². The van der Waals surface area contributed by atoms with Crippen LogP contribution in [0.3, 0.4) is 0 Å². The zero-order chi connectivity index (χ0) is 33.2. The van der Waals surface area contributed by atoms with E-state index >= 15 is 0 Å². The van der Waals surface area contributed by atoms with Gasteiger partial charge in [-0.15, -0.1) is 15.0 Å². The number of hydrogen-bond acceptors (Lipinski definition) is 11. The molecule has 0 saturated heterocycles. The predicted molar refractivity (Wildman–Crippen MR) is 161 cm³/mol. The van der Waals surface area contributed by atoms with Gasteiger partial charge in [0, 0.05) is 17.6 Å². The number of aromatic nitrogens is 3. The Morgan fingerprint density at radius 3 is 2.07 bits per heavy atom. The molecule has 1 amide bonds. The molecule has 3 rings (SSSR count). The van der Waals surface area contributed by atoms with Crippen molar-refractivity contribution in [3.63, 3.8) is 0 Å². The van der Waals surface area contributed by atoms with E-state index < -0.39 is 39.3 Å². The van der Waals surface area contributed by atoms with Gasteiger partial charge in [0.15, 0.2) is 0 Å². The van der Waals surface area contributed by atoms with Gasteiger partial charge in [0.05, 0.1) is 18.8 Å². The molecule has 0 spiro atoms. The van der Waals surface area contributed by atoms with E-state index in [0.717, 1.165) is 16.6 Å². The molecule has 2 N–H and O–H groups in total. The molecule has 0 aliphatic rings. The third kappa shape index (κ3) is 11.6. The van der Waals surface area contributed by atoms with Gasteiger partial charge < -0.3 is 24.4 Å². The fourth-order valence-corrected chi connectivity index (χ4v) is 4.42. The number of nitrogens with zero attached hydrogens (tertiary/aromatic N) is 3. The fraction of sp³-hybridized carbons (Fsp3) is 0.300. The number of phenolic OH excluding ortho intramolecular Hbond substituents is 1. The first-order valence-corrected chi connectivity index (χ1v) is 14.8. The number of phenols is 1. The number of ether oxygens (including phenoxy) is 2. The molecule has 0 radical (unpaired) electrons. The number of rotatable bonds is 12. The normalized spacial score (nSPS) is 11.3. The van der Waals surface area contributed by atoms with Crippen molar-refractivity contribution in [1.29, 1.82) is 0 Å². The Morgan fingerprint density at radius 2 is 1.58 bits per heavy atom. The van der Waals surface area contributed by atoms with Crippen LogP contribution in [0.2, 0.25) is 0 Å². The number of fused-ring (bicyclic) bond motifs is 1. The second-order valence-corrected chi connectivity index (χ2v) is 11.3. The van der Waals surface area contributed by atoms with Crippen molar-refractivity contribution in [1.82, 2.24) is 20.3 Å². The first kappa shape index (κ1) is 39.2. The molecular weight excluding hydrogens is 615 g/mol. The molecule has 13 nitrogen and oxygen atoms in total. The molecule has 1 atom stereocenters. The van der Waals surface area contributed by atoms with Gasteiger partial charge in [-0.05, 0) is 49.6 Å². The Bertz CT molecular complexity index is 1650. The van der Waals surface area contributed by atoms with Gasteiger partial charge in [0.2, 0.25) is 0 Å². The summed E-state index contributed by atoms with van der Waals surface area (Å²) in [4.78, 5) is 35.9. The summed E-state index contributed by atoms with van der Waals surface area (Å²) in [7, 11) is -4.72. The predicted octanol–water partition coefficient (Wildman–Crippen LogP) is 0.0973. The fourth-order valence-electron chi connectivity index (χ4n) is 3.50. The van der Waals surface area contributed by atoms with Crippen LogP contribution in [-0.4, -0.2) is 69.5 Å². The van der Waals surface area contributed by atoms with Gasteiger partial charge in [0.1, 0.15) is 38.0 Å². The largest absolute Gasteiger partial charge is 1.00 e. The Kier molecular flexibility index (Phi) is 15.3. The molecule has 1 aromatic heterocycles. The molecule has 0 aliphatic heterocycles. The van der Waals surface area contributed by atoms with Gasteiger partial charge in [-0.2, -0.15) is 0 Å². The van der Waals surface area contributed by atoms with E-state index in [4.69, 9.17) is 4.74 Å². The van der Waals surface area contributed by atoms with Crippen LogP contribution in [0.5, 0.6) is 5.75 Å². The number of benzene rings is 2. The van der Waals surface area contributed by atoms with Crippen LogP contribution in [-0.2, 0) is 40.4 Å². The van der Waals surface area contributed by atoms with E-state index in [1.807, 2.05) is 29.6 Å². The zero-order valence-corrected chi connectivity index (χ0v) is 28.7. The minimum absolute atomic E-state index is 0. The number of esters is 2. The van der Waals surface area contributed by atoms with Crippen LogP contribution in [0.25, 0.3) is 16.7 Å². The molecule has 0 aliphatic carbocycles. The molecule has 2 aromatic carbocycles. The summed E-state index contributed by atoms with van der Waals surface area (Å²) in [6, 6.07) is 12.6. The van der Waals surface area contributed by atoms with Crippen LogP contribution in [0.4, 0.5) is 0 Å². The van der Waals surface area contributed by atoms with E-state index in [2.05, 4.69) is 34.7 Å². The van der Waals surface area contributed by atoms with Crippen molar-refractivity contribution >= 4 is 39.0 Å². The Morgan fingerprint density at radius 1 is 1.00 bits per heavy atom. The standard InChI is InChI=1S/C18H17N3O3.C12H19NO6S.Na/c1-12(2)18(23)24-10-9-13-7-8-17(22)16(11-13)21-19-14-5-3-4-6-15(14)20-21;1-6-19-12(15)9(5)8(4)10(14)13-11(7(2)3)20(16,17)18;/h3-8,11,22H,1,9-10H2,2H3;7,11H,4-6H2,1-3H3,(H,13,14)(H,16,17,18);/q;;+1/p-1. The maximum atomic E-state index is 11.8. The average Bonchev–Trinajstić information content (AvgIpc) is 3.39. The zero-order valence-electron chi connectivity index (χ0n) is 25.9. The van der Waals surface area contributed by atoms with E-state index in [1.54, 1.807) is 32.0 Å². The number of amides is 1. The second-order valence-electron chi connectivity index (χ2n) is 9.78. The van der Waals surface area contributed by atoms with Crippen LogP contribution < -0.4 is 34.9 Å². The molecule has 3 aromatic rings. The molecule has 0 fully saturated rings. The van der Waals surface area contributed by atoms with Crippen molar-refractivity contribution in [3.05, 3.63) is 84.5 Å². The van der Waals surface area contributed by atoms with E-state index in [0.29, 0.717) is 17.7 Å². The molecule has 15 heteroatoms. The van der Waals surface area contributed by atoms with E-state index in [9.17, 15) is 32.5 Å². The quantitative estimate of drug-likeness (QED) is 0.0889. The first-order chi connectivity index (χ1) is 20.6. The van der Waals surface area contributed by atoms with Crippen molar-refractivity contribution < 1.29 is 71.5 Å². The van der Waals surface area contributed by atoms with Gasteiger partial charge in [0.25, 0.3) is 5.91 Å². The SMILES string of the molecule is C=C(C(=C)C(=O)OCC)C(=O)NC(C(C)C)S(=O)(=O)[O-].C=C(C)C(=O)OCCc1ccc(O)c(-n2nc3ccccc3n2)c1.[Na+]. The molecule has 45 heavy (non-hydrogen) atoms. The van der Waals surface area contributed by atoms with Crippen LogP contribution in [0.15, 0.2) is 78.9 Å². The third-order valence-electron chi connectivity index (χ3n) is 5.86. The van der Waals surface area contributed by atoms with Crippen molar-refractivity contribution in [3.8, 4) is 11.4 Å². The summed E-state index contributed by atoms with van der Waals surface area (Å²) >= 11 is 0. The van der Waals surface area contributed by atoms with Gasteiger partial charge >= 0.3 is 41.5 Å². The summed E-state index contributed by atoms with van der Waals surface area (Å²) < 4.78 is 42.8. The van der Waals surface area contributed by atoms with Crippen LogP contribution in [0, 0.1) is 5.92 Å². The molecule has 236 valence electrons. The smallest absolute Gasteiger partial charge is 0.746 e. The summed E-state index contributed by atoms with van der Waals surface area (Å²) in [6.07, 6.45) is 0.521. The minimum atomic E-state index is -4.72. The maximum absolute atomic E-state index is 11.8. The van der Waals surface area contributed by atoms with Gasteiger partial charge in [-0.25, -0.2) is 18.0 Å². The monoisotopic (exact) mass is 650 g/mol. The number of carbonyl (C=O) groups is 3. The molecule has 1 heterocycles. The van der Waals surface area contributed by atoms with Crippen LogP contribution in [0.1, 0.15) is 33.3 Å². The van der Waals surface area contributed by atoms with Gasteiger partial charge in [-0.3, -0.25) is 4.79 Å². The molecular formula is C30H35N4NaO9S. The maximum Gasteiger partial charge on any atom is 1.00 e. The minimum Gasteiger partial charge on any atom is -0.746 e. The number of aromatic hydroxyl groups is 1. The first-order valence-electron chi connectivity index (χ1n) is 13.3. The third-order valence-corrected chi connectivity index (χ3v) is 7.15. The van der Waals surface area contributed by atoms with E-state index in [1.165, 1.54) is 18.6 Å². The number of hydrogen-bond donors (Lipinski definition) is 2. The summed E-state index contributed by atoms with van der Waals surface area (Å²) in [5.74, 6) is -2.75. The van der Waals surface area contributed by atoms with Crippen molar-refractivity contribution in [2.24, 2.45) is 5.92 Å². The second kappa shape index (κ2) is 17.6. The Hall–Kier alpha value is -3.82. The Labute approximate surface area is 284 Å². The molecule has 0 saturated carbocycles. The Balaban J connectivity index is 0.000000450. The van der Waals surface area contributed by atoms with E-state index in [-0.39, 0.29) is 59.7 Å². The number of nitrogens with one attached hydrogen (secondary N) is 1. The topological polar surface area (TPSA) is 190 Å².